The van der Waals surface area contributed by atoms with Crippen LogP contribution < -0.4 is 0 Å². The Morgan fingerprint density at radius 1 is 1.05 bits per heavy atom. The molecule has 0 aliphatic heterocycles. The van der Waals surface area contributed by atoms with Crippen molar-refractivity contribution in [2.75, 3.05) is 0 Å². The average molecular weight is 298 g/mol. The molecule has 0 aliphatic rings. The molecule has 0 amide bonds. The second-order valence-corrected chi connectivity index (χ2v) is 9.12. The topological polar surface area (TPSA) is 0 Å². The van der Waals surface area contributed by atoms with Crippen LogP contribution in [0, 0.1) is 5.41 Å². The van der Waals surface area contributed by atoms with Gasteiger partial charge in [0.1, 0.15) is 0 Å². The first-order valence-corrected chi connectivity index (χ1v) is 9.09. The van der Waals surface area contributed by atoms with Gasteiger partial charge in [-0.3, -0.25) is 8.22 Å². The van der Waals surface area contributed by atoms with Gasteiger partial charge in [-0.1, -0.05) is 65.8 Å². The molecule has 0 fully saturated rings. The van der Waals surface area contributed by atoms with Crippen LogP contribution >= 0.6 is 0 Å². The molecule has 0 spiro atoms. The lowest BCUT2D eigenvalue weighted by atomic mass is 9.73. The Morgan fingerprint density at radius 2 is 1.65 bits per heavy atom. The maximum Gasteiger partial charge on any atom is 0.411 e. The third-order valence-corrected chi connectivity index (χ3v) is 4.64. The van der Waals surface area contributed by atoms with Gasteiger partial charge < -0.3 is 0 Å². The lowest BCUT2D eigenvalue weighted by molar-refractivity contribution is 0.310. The number of hydrogen-bond acceptors (Lipinski definition) is 0. The first-order valence-electron chi connectivity index (χ1n) is 7.40. The second-order valence-electron chi connectivity index (χ2n) is 7.76. The molecule has 0 bridgehead atoms. The third kappa shape index (κ3) is 5.00. The number of halogens is 2. The van der Waals surface area contributed by atoms with Crippen LogP contribution in [0.1, 0.15) is 65.0 Å². The zero-order valence-corrected chi connectivity index (χ0v) is 14.8. The fourth-order valence-corrected chi connectivity index (χ4v) is 3.20. The molecule has 0 saturated carbocycles. The highest BCUT2D eigenvalue weighted by molar-refractivity contribution is 6.42. The first-order chi connectivity index (χ1) is 9.01. The summed E-state index contributed by atoms with van der Waals surface area (Å²) < 4.78 is 25.4. The van der Waals surface area contributed by atoms with E-state index in [1.165, 1.54) is 11.1 Å². The molecule has 3 heteroatoms. The van der Waals surface area contributed by atoms with Crippen molar-refractivity contribution in [3.05, 3.63) is 35.4 Å². The van der Waals surface area contributed by atoms with Crippen LogP contribution in [0.4, 0.5) is 8.22 Å². The highest BCUT2D eigenvalue weighted by Crippen LogP contribution is 2.40. The molecule has 0 saturated heterocycles. The maximum atomic E-state index is 12.7. The summed E-state index contributed by atoms with van der Waals surface area (Å²) >= 11 is 0. The summed E-state index contributed by atoms with van der Waals surface area (Å²) in [5.74, 6) is 0.200. The van der Waals surface area contributed by atoms with E-state index in [2.05, 4.69) is 65.8 Å². The lowest BCUT2D eigenvalue weighted by Gasteiger charge is -2.32. The molecule has 0 radical (unpaired) electrons. The highest BCUT2D eigenvalue weighted by atomic mass is 28.4. The van der Waals surface area contributed by atoms with E-state index in [1.54, 1.807) is 0 Å². The van der Waals surface area contributed by atoms with Gasteiger partial charge in [-0.05, 0) is 40.3 Å². The fraction of sp³-hybridized carbons (Fsp3) is 0.647. The van der Waals surface area contributed by atoms with Crippen LogP contribution in [0.15, 0.2) is 24.3 Å². The molecule has 0 heterocycles. The molecular weight excluding hydrogens is 270 g/mol. The molecule has 1 unspecified atom stereocenters. The van der Waals surface area contributed by atoms with Crippen LogP contribution in [0.3, 0.4) is 0 Å². The molecule has 1 aromatic rings. The van der Waals surface area contributed by atoms with Gasteiger partial charge in [0.25, 0.3) is 0 Å². The molecule has 0 aromatic heterocycles. The van der Waals surface area contributed by atoms with Crippen molar-refractivity contribution in [1.82, 2.24) is 0 Å². The maximum absolute atomic E-state index is 12.7. The van der Waals surface area contributed by atoms with Gasteiger partial charge in [0.15, 0.2) is 0 Å². The Kier molecular flexibility index (Phi) is 5.53. The van der Waals surface area contributed by atoms with E-state index in [0.29, 0.717) is 6.42 Å². The van der Waals surface area contributed by atoms with Crippen LogP contribution in [0.2, 0.25) is 6.04 Å². The summed E-state index contributed by atoms with van der Waals surface area (Å²) in [5, 5.41) is 0. The molecule has 114 valence electrons. The van der Waals surface area contributed by atoms with Crippen LogP contribution in [-0.2, 0) is 5.41 Å². The number of rotatable bonds is 4. The molecule has 0 N–H and O–H groups in total. The van der Waals surface area contributed by atoms with E-state index in [4.69, 9.17) is 0 Å². The standard InChI is InChI=1S/C17H28F2Si/c1-16(2,3)14-9-7-8-13(12-14)15(17(4,5)6)10-11-20(18)19/h7-9,12,15,20H,10-11H2,1-6H3. The van der Waals surface area contributed by atoms with E-state index in [1.807, 2.05) is 0 Å². The van der Waals surface area contributed by atoms with Gasteiger partial charge in [0.2, 0.25) is 0 Å². The van der Waals surface area contributed by atoms with Crippen molar-refractivity contribution in [2.24, 2.45) is 5.41 Å². The Bertz CT molecular complexity index is 427. The molecule has 20 heavy (non-hydrogen) atoms. The Labute approximate surface area is 124 Å². The minimum atomic E-state index is -3.47. The predicted octanol–water partition coefficient (Wildman–Crippen LogP) is 5.66. The minimum Gasteiger partial charge on any atom is -0.275 e. The van der Waals surface area contributed by atoms with E-state index in [-0.39, 0.29) is 22.8 Å². The van der Waals surface area contributed by atoms with Crippen molar-refractivity contribution in [3.8, 4) is 0 Å². The summed E-state index contributed by atoms with van der Waals surface area (Å²) in [7, 11) is -3.47. The summed E-state index contributed by atoms with van der Waals surface area (Å²) in [6.07, 6.45) is 0.598. The Balaban J connectivity index is 3.08. The van der Waals surface area contributed by atoms with Crippen molar-refractivity contribution in [3.63, 3.8) is 0 Å². The summed E-state index contributed by atoms with van der Waals surface area (Å²) in [4.78, 5) is 0. The Morgan fingerprint density at radius 3 is 2.10 bits per heavy atom. The second kappa shape index (κ2) is 6.38. The largest absolute Gasteiger partial charge is 0.411 e. The van der Waals surface area contributed by atoms with E-state index in [9.17, 15) is 8.22 Å². The molecule has 1 rings (SSSR count). The normalized spacial score (nSPS) is 14.7. The van der Waals surface area contributed by atoms with Gasteiger partial charge in [-0.15, -0.1) is 0 Å². The van der Waals surface area contributed by atoms with E-state index < -0.39 is 9.46 Å². The van der Waals surface area contributed by atoms with E-state index >= 15 is 0 Å². The van der Waals surface area contributed by atoms with E-state index in [0.717, 1.165) is 0 Å². The monoisotopic (exact) mass is 298 g/mol. The quantitative estimate of drug-likeness (QED) is 0.497. The summed E-state index contributed by atoms with van der Waals surface area (Å²) in [5.41, 5.74) is 2.59. The molecule has 0 aliphatic carbocycles. The first kappa shape index (κ1) is 17.3. The molecule has 1 atom stereocenters. The fourth-order valence-electron chi connectivity index (χ4n) is 2.61. The molecular formula is C17H28F2Si. The third-order valence-electron chi connectivity index (χ3n) is 3.87. The van der Waals surface area contributed by atoms with Gasteiger partial charge in [-0.2, -0.15) is 0 Å². The smallest absolute Gasteiger partial charge is 0.275 e. The number of hydrogen-bond donors (Lipinski definition) is 0. The SMILES string of the molecule is CC(C)(C)c1cccc(C(CC[SiH](F)F)C(C)(C)C)c1. The average Bonchev–Trinajstić information content (AvgIpc) is 2.26. The Hall–Kier alpha value is -0.703. The zero-order chi connectivity index (χ0) is 15.6. The summed E-state index contributed by atoms with van der Waals surface area (Å²) in [6, 6.07) is 8.61. The zero-order valence-electron chi connectivity index (χ0n) is 13.6. The highest BCUT2D eigenvalue weighted by Gasteiger charge is 2.28. The van der Waals surface area contributed by atoms with Crippen molar-refractivity contribution >= 4 is 9.46 Å². The lowest BCUT2D eigenvalue weighted by Crippen LogP contribution is -2.20. The minimum absolute atomic E-state index is 0.0137. The van der Waals surface area contributed by atoms with Crippen LogP contribution in [0.25, 0.3) is 0 Å². The number of benzene rings is 1. The molecule has 1 aromatic carbocycles. The van der Waals surface area contributed by atoms with Crippen molar-refractivity contribution < 1.29 is 8.22 Å². The van der Waals surface area contributed by atoms with Gasteiger partial charge >= 0.3 is 9.46 Å². The predicted molar refractivity (Wildman–Crippen MR) is 86.1 cm³/mol. The van der Waals surface area contributed by atoms with Crippen molar-refractivity contribution in [1.29, 1.82) is 0 Å². The van der Waals surface area contributed by atoms with Crippen molar-refractivity contribution in [2.45, 2.75) is 65.3 Å². The van der Waals surface area contributed by atoms with Gasteiger partial charge in [-0.25, -0.2) is 0 Å². The van der Waals surface area contributed by atoms with Gasteiger partial charge in [0, 0.05) is 0 Å². The van der Waals surface area contributed by atoms with Crippen LogP contribution in [-0.4, -0.2) is 9.46 Å². The van der Waals surface area contributed by atoms with Gasteiger partial charge in [0.05, 0.1) is 0 Å². The summed E-state index contributed by atoms with van der Waals surface area (Å²) in [6.45, 7) is 13.0. The van der Waals surface area contributed by atoms with Crippen LogP contribution in [0.5, 0.6) is 0 Å². The molecule has 0 nitrogen and oxygen atoms in total.